The van der Waals surface area contributed by atoms with Crippen molar-refractivity contribution in [3.05, 3.63) is 23.0 Å². The molecule has 1 aliphatic heterocycles. The molecule has 1 unspecified atom stereocenters. The molecule has 106 valence electrons. The molecule has 1 atom stereocenters. The van der Waals surface area contributed by atoms with E-state index >= 15 is 0 Å². The molecule has 0 bridgehead atoms. The number of hydrogen-bond donors (Lipinski definition) is 2. The number of halogens is 2. The van der Waals surface area contributed by atoms with Crippen LogP contribution in [-0.2, 0) is 0 Å². The van der Waals surface area contributed by atoms with Crippen LogP contribution >= 0.6 is 11.6 Å². The Balaban J connectivity index is 1.91. The van der Waals surface area contributed by atoms with Gasteiger partial charge in [-0.2, -0.15) is 0 Å². The van der Waals surface area contributed by atoms with Gasteiger partial charge in [-0.25, -0.2) is 4.39 Å². The quantitative estimate of drug-likeness (QED) is 0.835. The second-order valence-electron chi connectivity index (χ2n) is 5.48. The van der Waals surface area contributed by atoms with Crippen molar-refractivity contribution in [1.82, 2.24) is 4.90 Å². The lowest BCUT2D eigenvalue weighted by Gasteiger charge is -2.20. The first kappa shape index (κ1) is 14.4. The Bertz CT molecular complexity index is 451. The van der Waals surface area contributed by atoms with Crippen LogP contribution in [0.5, 0.6) is 0 Å². The van der Waals surface area contributed by atoms with Crippen molar-refractivity contribution in [3.63, 3.8) is 0 Å². The van der Waals surface area contributed by atoms with Gasteiger partial charge in [-0.1, -0.05) is 11.6 Å². The van der Waals surface area contributed by atoms with Crippen molar-refractivity contribution in [2.24, 2.45) is 5.92 Å². The maximum atomic E-state index is 13.2. The zero-order valence-corrected chi connectivity index (χ0v) is 12.2. The van der Waals surface area contributed by atoms with Gasteiger partial charge in [0.1, 0.15) is 5.82 Å². The van der Waals surface area contributed by atoms with E-state index in [1.807, 2.05) is 0 Å². The Morgan fingerprint density at radius 2 is 2.26 bits per heavy atom. The van der Waals surface area contributed by atoms with Crippen LogP contribution in [0.1, 0.15) is 20.3 Å². The summed E-state index contributed by atoms with van der Waals surface area (Å²) < 4.78 is 13.2. The Kier molecular flexibility index (Phi) is 4.53. The largest absolute Gasteiger partial charge is 0.397 e. The molecule has 1 saturated heterocycles. The molecular formula is C14H21ClFN3. The van der Waals surface area contributed by atoms with Crippen molar-refractivity contribution in [2.75, 3.05) is 30.7 Å². The minimum absolute atomic E-state index is 0.104. The molecule has 3 nitrogen and oxygen atoms in total. The van der Waals surface area contributed by atoms with E-state index in [1.54, 1.807) is 6.07 Å². The highest BCUT2D eigenvalue weighted by molar-refractivity contribution is 6.31. The molecule has 0 aromatic heterocycles. The summed E-state index contributed by atoms with van der Waals surface area (Å²) in [5.41, 5.74) is 6.90. The van der Waals surface area contributed by atoms with Crippen LogP contribution in [0.3, 0.4) is 0 Å². The molecule has 0 saturated carbocycles. The van der Waals surface area contributed by atoms with Crippen molar-refractivity contribution in [2.45, 2.75) is 26.3 Å². The van der Waals surface area contributed by atoms with E-state index in [0.717, 1.165) is 25.3 Å². The lowest BCUT2D eigenvalue weighted by Crippen LogP contribution is -2.29. The van der Waals surface area contributed by atoms with E-state index in [9.17, 15) is 4.39 Å². The molecule has 2 rings (SSSR count). The summed E-state index contributed by atoms with van der Waals surface area (Å²) in [6, 6.07) is 3.41. The van der Waals surface area contributed by atoms with Crippen molar-refractivity contribution < 1.29 is 4.39 Å². The van der Waals surface area contributed by atoms with E-state index in [2.05, 4.69) is 24.1 Å². The molecule has 19 heavy (non-hydrogen) atoms. The summed E-state index contributed by atoms with van der Waals surface area (Å²) in [4.78, 5) is 2.47. The van der Waals surface area contributed by atoms with E-state index in [1.165, 1.54) is 12.5 Å². The van der Waals surface area contributed by atoms with E-state index in [4.69, 9.17) is 17.3 Å². The first-order valence-electron chi connectivity index (χ1n) is 6.69. The molecule has 0 amide bonds. The van der Waals surface area contributed by atoms with Gasteiger partial charge >= 0.3 is 0 Å². The van der Waals surface area contributed by atoms with Crippen LogP contribution in [0.4, 0.5) is 15.8 Å². The number of benzene rings is 1. The SMILES string of the molecule is CC(C)N1CCC(CNc2cc(Cl)c(F)cc2N)C1. The van der Waals surface area contributed by atoms with Gasteiger partial charge in [-0.3, -0.25) is 0 Å². The van der Waals surface area contributed by atoms with E-state index in [-0.39, 0.29) is 5.02 Å². The van der Waals surface area contributed by atoms with E-state index in [0.29, 0.717) is 17.6 Å². The average molecular weight is 286 g/mol. The number of nitrogens with one attached hydrogen (secondary N) is 1. The predicted octanol–water partition coefficient (Wildman–Crippen LogP) is 3.20. The van der Waals surface area contributed by atoms with Crippen LogP contribution in [0.25, 0.3) is 0 Å². The van der Waals surface area contributed by atoms with Crippen LogP contribution in [0, 0.1) is 11.7 Å². The van der Waals surface area contributed by atoms with Gasteiger partial charge in [0.2, 0.25) is 0 Å². The lowest BCUT2D eigenvalue weighted by molar-refractivity contribution is 0.266. The number of nitrogen functional groups attached to an aromatic ring is 1. The number of nitrogens with two attached hydrogens (primary N) is 1. The van der Waals surface area contributed by atoms with Crippen LogP contribution in [0.15, 0.2) is 12.1 Å². The van der Waals surface area contributed by atoms with Gasteiger partial charge in [-0.05, 0) is 38.8 Å². The topological polar surface area (TPSA) is 41.3 Å². The highest BCUT2D eigenvalue weighted by Gasteiger charge is 2.24. The Morgan fingerprint density at radius 1 is 1.53 bits per heavy atom. The fraction of sp³-hybridized carbons (Fsp3) is 0.571. The number of anilines is 2. The number of likely N-dealkylation sites (tertiary alicyclic amines) is 1. The summed E-state index contributed by atoms with van der Waals surface area (Å²) in [7, 11) is 0. The zero-order chi connectivity index (χ0) is 14.0. The smallest absolute Gasteiger partial charge is 0.143 e. The third kappa shape index (κ3) is 3.51. The molecule has 3 N–H and O–H groups in total. The third-order valence-electron chi connectivity index (χ3n) is 3.72. The Morgan fingerprint density at radius 3 is 2.89 bits per heavy atom. The molecule has 5 heteroatoms. The van der Waals surface area contributed by atoms with Gasteiger partial charge in [0.25, 0.3) is 0 Å². The Hall–Kier alpha value is -1.00. The first-order valence-corrected chi connectivity index (χ1v) is 7.07. The lowest BCUT2D eigenvalue weighted by atomic mass is 10.1. The van der Waals surface area contributed by atoms with Crippen LogP contribution in [0.2, 0.25) is 5.02 Å². The highest BCUT2D eigenvalue weighted by atomic mass is 35.5. The van der Waals surface area contributed by atoms with Gasteiger partial charge in [0.15, 0.2) is 0 Å². The van der Waals surface area contributed by atoms with Crippen LogP contribution < -0.4 is 11.1 Å². The van der Waals surface area contributed by atoms with Gasteiger partial charge in [-0.15, -0.1) is 0 Å². The fourth-order valence-electron chi connectivity index (χ4n) is 2.47. The summed E-state index contributed by atoms with van der Waals surface area (Å²) in [6.07, 6.45) is 1.18. The number of rotatable bonds is 4. The molecule has 1 aromatic rings. The minimum atomic E-state index is -0.475. The predicted molar refractivity (Wildman–Crippen MR) is 79.1 cm³/mol. The summed E-state index contributed by atoms with van der Waals surface area (Å²) in [5, 5.41) is 3.38. The third-order valence-corrected chi connectivity index (χ3v) is 4.01. The van der Waals surface area contributed by atoms with Gasteiger partial charge in [0.05, 0.1) is 16.4 Å². The zero-order valence-electron chi connectivity index (χ0n) is 11.4. The minimum Gasteiger partial charge on any atom is -0.397 e. The molecule has 1 heterocycles. The Labute approximate surface area is 118 Å². The summed E-state index contributed by atoms with van der Waals surface area (Å²) >= 11 is 5.77. The first-order chi connectivity index (χ1) is 8.97. The van der Waals surface area contributed by atoms with Gasteiger partial charge in [0, 0.05) is 25.2 Å². The van der Waals surface area contributed by atoms with Crippen molar-refractivity contribution >= 4 is 23.0 Å². The summed E-state index contributed by atoms with van der Waals surface area (Å²) in [5.74, 6) is 0.127. The van der Waals surface area contributed by atoms with Crippen molar-refractivity contribution in [1.29, 1.82) is 0 Å². The molecule has 1 fully saturated rings. The maximum absolute atomic E-state index is 13.2. The molecule has 0 radical (unpaired) electrons. The summed E-state index contributed by atoms with van der Waals surface area (Å²) in [6.45, 7) is 7.51. The second-order valence-corrected chi connectivity index (χ2v) is 5.89. The molecule has 0 spiro atoms. The second kappa shape index (κ2) is 5.97. The fourth-order valence-corrected chi connectivity index (χ4v) is 2.63. The van der Waals surface area contributed by atoms with Gasteiger partial charge < -0.3 is 16.0 Å². The molecule has 0 aliphatic carbocycles. The van der Waals surface area contributed by atoms with E-state index < -0.39 is 5.82 Å². The standard InChI is InChI=1S/C14H21ClFN3/c1-9(2)19-4-3-10(8-19)7-18-14-5-11(15)12(16)6-13(14)17/h5-6,9-10,18H,3-4,7-8,17H2,1-2H3. The van der Waals surface area contributed by atoms with Crippen LogP contribution in [-0.4, -0.2) is 30.6 Å². The monoisotopic (exact) mass is 285 g/mol. The average Bonchev–Trinajstić information content (AvgIpc) is 2.81. The molecule has 1 aromatic carbocycles. The highest BCUT2D eigenvalue weighted by Crippen LogP contribution is 2.27. The number of hydrogen-bond acceptors (Lipinski definition) is 3. The van der Waals surface area contributed by atoms with Crippen molar-refractivity contribution in [3.8, 4) is 0 Å². The number of nitrogens with zero attached hydrogens (tertiary/aromatic N) is 1. The normalized spacial score (nSPS) is 20.2. The molecule has 1 aliphatic rings. The molecular weight excluding hydrogens is 265 g/mol. The maximum Gasteiger partial charge on any atom is 0.143 e.